The van der Waals surface area contributed by atoms with Crippen molar-refractivity contribution in [2.24, 2.45) is 0 Å². The molecule has 0 bridgehead atoms. The van der Waals surface area contributed by atoms with E-state index in [4.69, 9.17) is 0 Å². The number of rotatable bonds is 3. The van der Waals surface area contributed by atoms with Gasteiger partial charge in [0.2, 0.25) is 0 Å². The van der Waals surface area contributed by atoms with Crippen LogP contribution in [-0.4, -0.2) is 5.78 Å². The molecular formula is C14H8BrF3O. The van der Waals surface area contributed by atoms with Crippen molar-refractivity contribution in [2.45, 2.75) is 6.42 Å². The fourth-order valence-electron chi connectivity index (χ4n) is 1.64. The molecule has 0 atom stereocenters. The normalized spacial score (nSPS) is 10.5. The van der Waals surface area contributed by atoms with Crippen molar-refractivity contribution < 1.29 is 18.0 Å². The average molecular weight is 329 g/mol. The summed E-state index contributed by atoms with van der Waals surface area (Å²) in [4.78, 5) is 12.0. The highest BCUT2D eigenvalue weighted by molar-refractivity contribution is 9.10. The van der Waals surface area contributed by atoms with Gasteiger partial charge >= 0.3 is 0 Å². The average Bonchev–Trinajstić information content (AvgIpc) is 2.36. The van der Waals surface area contributed by atoms with E-state index >= 15 is 0 Å². The number of ketones is 1. The Balaban J connectivity index is 2.25. The summed E-state index contributed by atoms with van der Waals surface area (Å²) in [6.45, 7) is 0. The molecule has 0 aromatic heterocycles. The lowest BCUT2D eigenvalue weighted by Gasteiger charge is -2.05. The number of carbonyl (C=O) groups is 1. The fourth-order valence-corrected chi connectivity index (χ4v) is 2.11. The maximum Gasteiger partial charge on any atom is 0.168 e. The maximum absolute atomic E-state index is 13.1. The molecule has 0 spiro atoms. The molecule has 0 saturated heterocycles. The number of benzene rings is 2. The number of carbonyl (C=O) groups excluding carboxylic acids is 1. The van der Waals surface area contributed by atoms with Gasteiger partial charge in [0.05, 0.1) is 0 Å². The molecule has 0 saturated carbocycles. The highest BCUT2D eigenvalue weighted by Gasteiger charge is 2.13. The minimum Gasteiger partial charge on any atom is -0.294 e. The molecular weight excluding hydrogens is 321 g/mol. The molecule has 1 nitrogen and oxygen atoms in total. The Labute approximate surface area is 116 Å². The molecule has 0 radical (unpaired) electrons. The van der Waals surface area contributed by atoms with Crippen molar-refractivity contribution in [3.63, 3.8) is 0 Å². The Kier molecular flexibility index (Phi) is 4.04. The van der Waals surface area contributed by atoms with Crippen LogP contribution >= 0.6 is 15.9 Å². The molecule has 19 heavy (non-hydrogen) atoms. The number of hydrogen-bond acceptors (Lipinski definition) is 1. The van der Waals surface area contributed by atoms with Gasteiger partial charge in [-0.1, -0.05) is 22.0 Å². The lowest BCUT2D eigenvalue weighted by molar-refractivity contribution is 0.0991. The minimum absolute atomic E-state index is 0.126. The van der Waals surface area contributed by atoms with Crippen LogP contribution in [0.5, 0.6) is 0 Å². The van der Waals surface area contributed by atoms with Crippen LogP contribution < -0.4 is 0 Å². The molecule has 0 N–H and O–H groups in total. The Bertz CT molecular complexity index is 641. The number of hydrogen-bond donors (Lipinski definition) is 0. The molecule has 2 aromatic rings. The van der Waals surface area contributed by atoms with Gasteiger partial charge in [0.1, 0.15) is 5.82 Å². The Morgan fingerprint density at radius 2 is 1.74 bits per heavy atom. The van der Waals surface area contributed by atoms with E-state index < -0.39 is 17.5 Å². The molecule has 0 amide bonds. The first-order valence-electron chi connectivity index (χ1n) is 5.39. The first kappa shape index (κ1) is 13.8. The number of halogens is 4. The molecule has 2 aromatic carbocycles. The number of Topliss-reactive ketones (excluding diaryl/α,β-unsaturated/α-hetero) is 1. The van der Waals surface area contributed by atoms with Crippen LogP contribution in [-0.2, 0) is 6.42 Å². The summed E-state index contributed by atoms with van der Waals surface area (Å²) < 4.78 is 39.3. The van der Waals surface area contributed by atoms with Gasteiger partial charge in [0.25, 0.3) is 0 Å². The Morgan fingerprint density at radius 1 is 1.00 bits per heavy atom. The summed E-state index contributed by atoms with van der Waals surface area (Å²) in [5.74, 6) is -2.89. The van der Waals surface area contributed by atoms with Crippen LogP contribution in [0.4, 0.5) is 13.2 Å². The van der Waals surface area contributed by atoms with E-state index in [1.807, 2.05) is 0 Å². The van der Waals surface area contributed by atoms with Gasteiger partial charge in [0.15, 0.2) is 17.4 Å². The molecule has 0 unspecified atom stereocenters. The van der Waals surface area contributed by atoms with Crippen LogP contribution in [0.25, 0.3) is 0 Å². The third kappa shape index (κ3) is 3.23. The molecule has 0 aliphatic carbocycles. The predicted molar refractivity (Wildman–Crippen MR) is 68.5 cm³/mol. The summed E-state index contributed by atoms with van der Waals surface area (Å²) >= 11 is 3.15. The molecule has 0 aliphatic rings. The maximum atomic E-state index is 13.1. The Morgan fingerprint density at radius 3 is 2.42 bits per heavy atom. The van der Waals surface area contributed by atoms with E-state index in [1.54, 1.807) is 0 Å². The van der Waals surface area contributed by atoms with Gasteiger partial charge in [-0.3, -0.25) is 4.79 Å². The zero-order valence-corrected chi connectivity index (χ0v) is 11.2. The van der Waals surface area contributed by atoms with Crippen molar-refractivity contribution in [1.82, 2.24) is 0 Å². The van der Waals surface area contributed by atoms with Gasteiger partial charge in [-0.25, -0.2) is 13.2 Å². The monoisotopic (exact) mass is 328 g/mol. The zero-order valence-electron chi connectivity index (χ0n) is 9.59. The van der Waals surface area contributed by atoms with Crippen LogP contribution in [0.3, 0.4) is 0 Å². The third-order valence-electron chi connectivity index (χ3n) is 2.58. The van der Waals surface area contributed by atoms with E-state index in [0.29, 0.717) is 10.0 Å². The van der Waals surface area contributed by atoms with Crippen LogP contribution in [0.15, 0.2) is 40.9 Å². The van der Waals surface area contributed by atoms with E-state index in [9.17, 15) is 18.0 Å². The van der Waals surface area contributed by atoms with E-state index in [0.717, 1.165) is 18.2 Å². The van der Waals surface area contributed by atoms with Gasteiger partial charge in [-0.2, -0.15) is 0 Å². The van der Waals surface area contributed by atoms with Crippen molar-refractivity contribution in [1.29, 1.82) is 0 Å². The largest absolute Gasteiger partial charge is 0.294 e. The minimum atomic E-state index is -1.01. The smallest absolute Gasteiger partial charge is 0.168 e. The quantitative estimate of drug-likeness (QED) is 0.768. The van der Waals surface area contributed by atoms with Gasteiger partial charge in [-0.15, -0.1) is 0 Å². The SMILES string of the molecule is O=C(Cc1ccc(F)c(F)c1)c1cc(F)ccc1Br. The first-order chi connectivity index (χ1) is 8.97. The van der Waals surface area contributed by atoms with Crippen molar-refractivity contribution >= 4 is 21.7 Å². The first-order valence-corrected chi connectivity index (χ1v) is 6.19. The predicted octanol–water partition coefficient (Wildman–Crippen LogP) is 4.29. The van der Waals surface area contributed by atoms with Crippen LogP contribution in [0.1, 0.15) is 15.9 Å². The highest BCUT2D eigenvalue weighted by atomic mass is 79.9. The zero-order chi connectivity index (χ0) is 14.0. The molecule has 0 fully saturated rings. The summed E-state index contributed by atoms with van der Waals surface area (Å²) in [5, 5.41) is 0. The molecule has 2 rings (SSSR count). The third-order valence-corrected chi connectivity index (χ3v) is 3.27. The highest BCUT2D eigenvalue weighted by Crippen LogP contribution is 2.20. The summed E-state index contributed by atoms with van der Waals surface area (Å²) in [6, 6.07) is 6.99. The fraction of sp³-hybridized carbons (Fsp3) is 0.0714. The lowest BCUT2D eigenvalue weighted by Crippen LogP contribution is -2.05. The van der Waals surface area contributed by atoms with E-state index in [1.165, 1.54) is 18.2 Å². The molecule has 0 aliphatic heterocycles. The van der Waals surface area contributed by atoms with Crippen molar-refractivity contribution in [3.05, 3.63) is 69.4 Å². The summed E-state index contributed by atoms with van der Waals surface area (Å²) in [6.07, 6.45) is -0.126. The standard InChI is InChI=1S/C14H8BrF3O/c15-11-3-2-9(16)7-10(11)14(19)6-8-1-4-12(17)13(18)5-8/h1-5,7H,6H2. The van der Waals surface area contributed by atoms with Crippen molar-refractivity contribution in [2.75, 3.05) is 0 Å². The van der Waals surface area contributed by atoms with Crippen LogP contribution in [0.2, 0.25) is 0 Å². The summed E-state index contributed by atoms with van der Waals surface area (Å²) in [7, 11) is 0. The second-order valence-electron chi connectivity index (χ2n) is 3.97. The topological polar surface area (TPSA) is 17.1 Å². The molecule has 0 heterocycles. The molecule has 5 heteroatoms. The molecule has 98 valence electrons. The second kappa shape index (κ2) is 5.57. The van der Waals surface area contributed by atoms with Crippen molar-refractivity contribution in [3.8, 4) is 0 Å². The Hall–Kier alpha value is -1.62. The van der Waals surface area contributed by atoms with Crippen LogP contribution in [0, 0.1) is 17.5 Å². The van der Waals surface area contributed by atoms with Gasteiger partial charge in [0, 0.05) is 16.5 Å². The van der Waals surface area contributed by atoms with E-state index in [-0.39, 0.29) is 17.8 Å². The van der Waals surface area contributed by atoms with Gasteiger partial charge in [-0.05, 0) is 35.9 Å². The summed E-state index contributed by atoms with van der Waals surface area (Å²) in [5.41, 5.74) is 0.504. The lowest BCUT2D eigenvalue weighted by atomic mass is 10.0. The second-order valence-corrected chi connectivity index (χ2v) is 4.83. The van der Waals surface area contributed by atoms with Gasteiger partial charge < -0.3 is 0 Å². The van der Waals surface area contributed by atoms with E-state index in [2.05, 4.69) is 15.9 Å².